The molecule has 1 aromatic carbocycles. The zero-order valence-electron chi connectivity index (χ0n) is 7.31. The molecule has 68 valence electrons. The average Bonchev–Trinajstić information content (AvgIpc) is 2.57. The summed E-state index contributed by atoms with van der Waals surface area (Å²) in [4.78, 5) is 0. The van der Waals surface area contributed by atoms with Crippen molar-refractivity contribution in [2.45, 2.75) is 0 Å². The topological polar surface area (TPSA) is 40.1 Å². The molecule has 0 aliphatic carbocycles. The summed E-state index contributed by atoms with van der Waals surface area (Å²) in [6.07, 6.45) is 1.48. The first kappa shape index (κ1) is 7.38. The summed E-state index contributed by atoms with van der Waals surface area (Å²) in [7, 11) is 0. The fraction of sp³-hybridized carbons (Fsp3) is 0. The van der Waals surface area contributed by atoms with E-state index in [2.05, 4.69) is 0 Å². The maximum absolute atomic E-state index is 11.5. The minimum absolute atomic E-state index is 0.600. The number of aromatic nitrogens is 1. The summed E-state index contributed by atoms with van der Waals surface area (Å²) in [5.41, 5.74) is 1.98. The van der Waals surface area contributed by atoms with Crippen molar-refractivity contribution >= 4 is 22.1 Å². The lowest BCUT2D eigenvalue weighted by atomic mass is 10.2. The fourth-order valence-electron chi connectivity index (χ4n) is 1.67. The van der Waals surface area contributed by atoms with E-state index in [9.17, 15) is 5.21 Å². The highest BCUT2D eigenvalue weighted by Gasteiger charge is 2.12. The van der Waals surface area contributed by atoms with Crippen LogP contribution in [0.4, 0.5) is 0 Å². The Bertz CT molecular complexity index is 613. The van der Waals surface area contributed by atoms with Crippen LogP contribution in [0, 0.1) is 5.21 Å². The van der Waals surface area contributed by atoms with Crippen LogP contribution in [0.25, 0.3) is 22.1 Å². The van der Waals surface area contributed by atoms with E-state index >= 15 is 0 Å². The Labute approximate surface area is 79.8 Å². The first-order valence-electron chi connectivity index (χ1n) is 4.36. The van der Waals surface area contributed by atoms with Gasteiger partial charge in [-0.05, 0) is 18.2 Å². The molecule has 3 heteroatoms. The van der Waals surface area contributed by atoms with Crippen molar-refractivity contribution < 1.29 is 9.15 Å². The van der Waals surface area contributed by atoms with E-state index < -0.39 is 0 Å². The van der Waals surface area contributed by atoms with E-state index in [-0.39, 0.29) is 0 Å². The third-order valence-corrected chi connectivity index (χ3v) is 2.28. The predicted molar refractivity (Wildman–Crippen MR) is 52.7 cm³/mol. The predicted octanol–water partition coefficient (Wildman–Crippen LogP) is 2.22. The lowest BCUT2D eigenvalue weighted by Gasteiger charge is -1.94. The number of para-hydroxylation sites is 1. The van der Waals surface area contributed by atoms with E-state index in [0.717, 1.165) is 15.7 Å². The van der Waals surface area contributed by atoms with Crippen molar-refractivity contribution in [1.82, 2.24) is 0 Å². The number of benzene rings is 1. The molecule has 0 atom stereocenters. The van der Waals surface area contributed by atoms with E-state index in [1.165, 1.54) is 6.20 Å². The number of hydrogen-bond acceptors (Lipinski definition) is 2. The molecule has 0 saturated carbocycles. The van der Waals surface area contributed by atoms with Gasteiger partial charge in [-0.25, -0.2) is 0 Å². The number of pyridine rings is 1. The maximum Gasteiger partial charge on any atom is 0.270 e. The van der Waals surface area contributed by atoms with Crippen molar-refractivity contribution in [1.29, 1.82) is 0 Å². The quantitative estimate of drug-likeness (QED) is 0.398. The summed E-state index contributed by atoms with van der Waals surface area (Å²) < 4.78 is 6.35. The molecular formula is C11H7NO2. The summed E-state index contributed by atoms with van der Waals surface area (Å²) in [6, 6.07) is 11.0. The molecule has 0 amide bonds. The van der Waals surface area contributed by atoms with Crippen LogP contribution in [0.15, 0.2) is 47.0 Å². The van der Waals surface area contributed by atoms with Gasteiger partial charge >= 0.3 is 0 Å². The Morgan fingerprint density at radius 2 is 1.79 bits per heavy atom. The summed E-state index contributed by atoms with van der Waals surface area (Å²) in [5, 5.41) is 12.4. The van der Waals surface area contributed by atoms with Crippen LogP contribution < -0.4 is 4.73 Å². The van der Waals surface area contributed by atoms with Gasteiger partial charge in [-0.3, -0.25) is 0 Å². The third kappa shape index (κ3) is 0.836. The van der Waals surface area contributed by atoms with Gasteiger partial charge in [-0.15, -0.1) is 0 Å². The van der Waals surface area contributed by atoms with Crippen LogP contribution in [0.2, 0.25) is 0 Å². The Balaban J connectivity index is 2.65. The molecule has 0 unspecified atom stereocenters. The summed E-state index contributed by atoms with van der Waals surface area (Å²) in [6.45, 7) is 0. The van der Waals surface area contributed by atoms with Gasteiger partial charge in [-0.1, -0.05) is 12.1 Å². The minimum atomic E-state index is 0.600. The van der Waals surface area contributed by atoms with E-state index in [1.54, 1.807) is 12.1 Å². The molecule has 3 aromatic rings. The lowest BCUT2D eigenvalue weighted by molar-refractivity contribution is -0.576. The highest BCUT2D eigenvalue weighted by atomic mass is 16.5. The fourth-order valence-corrected chi connectivity index (χ4v) is 1.67. The molecule has 3 rings (SSSR count). The Kier molecular flexibility index (Phi) is 1.31. The largest absolute Gasteiger partial charge is 0.618 e. The van der Waals surface area contributed by atoms with E-state index in [4.69, 9.17) is 4.42 Å². The maximum atomic E-state index is 11.5. The zero-order chi connectivity index (χ0) is 9.54. The van der Waals surface area contributed by atoms with Crippen LogP contribution in [0.1, 0.15) is 0 Å². The van der Waals surface area contributed by atoms with Crippen molar-refractivity contribution in [3.8, 4) is 0 Å². The number of rotatable bonds is 0. The second-order valence-electron chi connectivity index (χ2n) is 3.15. The molecule has 3 nitrogen and oxygen atoms in total. The van der Waals surface area contributed by atoms with E-state index in [0.29, 0.717) is 11.1 Å². The van der Waals surface area contributed by atoms with Crippen LogP contribution in [0.3, 0.4) is 0 Å². The lowest BCUT2D eigenvalue weighted by Crippen LogP contribution is -2.25. The summed E-state index contributed by atoms with van der Waals surface area (Å²) in [5.74, 6) is 0. The number of hydrogen-bond donors (Lipinski definition) is 0. The molecule has 2 aromatic heterocycles. The van der Waals surface area contributed by atoms with E-state index in [1.807, 2.05) is 24.3 Å². The SMILES string of the molecule is [O-][n+]1cccc2oc3ccccc3c21. The van der Waals surface area contributed by atoms with Crippen LogP contribution >= 0.6 is 0 Å². The molecule has 0 aliphatic heterocycles. The van der Waals surface area contributed by atoms with Gasteiger partial charge in [0.2, 0.25) is 5.58 Å². The Morgan fingerprint density at radius 1 is 1.00 bits per heavy atom. The second-order valence-corrected chi connectivity index (χ2v) is 3.15. The van der Waals surface area contributed by atoms with Gasteiger partial charge in [-0.2, -0.15) is 4.73 Å². The van der Waals surface area contributed by atoms with Gasteiger partial charge in [0, 0.05) is 6.07 Å². The second kappa shape index (κ2) is 2.48. The van der Waals surface area contributed by atoms with Gasteiger partial charge in [0.25, 0.3) is 5.52 Å². The minimum Gasteiger partial charge on any atom is -0.618 e. The van der Waals surface area contributed by atoms with Gasteiger partial charge in [0.05, 0.1) is 5.39 Å². The Morgan fingerprint density at radius 3 is 2.71 bits per heavy atom. The van der Waals surface area contributed by atoms with Crippen molar-refractivity contribution in [3.63, 3.8) is 0 Å². The van der Waals surface area contributed by atoms with Crippen LogP contribution in [0.5, 0.6) is 0 Å². The van der Waals surface area contributed by atoms with Gasteiger partial charge in [0.1, 0.15) is 5.58 Å². The molecular weight excluding hydrogens is 178 g/mol. The number of furan rings is 1. The molecule has 0 fully saturated rings. The number of nitrogens with zero attached hydrogens (tertiary/aromatic N) is 1. The van der Waals surface area contributed by atoms with Crippen LogP contribution in [-0.2, 0) is 0 Å². The molecule has 0 bridgehead atoms. The average molecular weight is 185 g/mol. The third-order valence-electron chi connectivity index (χ3n) is 2.28. The van der Waals surface area contributed by atoms with Crippen molar-refractivity contribution in [2.75, 3.05) is 0 Å². The highest BCUT2D eigenvalue weighted by molar-refractivity contribution is 6.00. The molecule has 0 radical (unpaired) electrons. The Hall–Kier alpha value is -2.03. The normalized spacial score (nSPS) is 11.1. The summed E-state index contributed by atoms with van der Waals surface area (Å²) >= 11 is 0. The molecule has 14 heavy (non-hydrogen) atoms. The van der Waals surface area contributed by atoms with Gasteiger partial charge < -0.3 is 9.62 Å². The molecule has 2 heterocycles. The van der Waals surface area contributed by atoms with Crippen molar-refractivity contribution in [3.05, 3.63) is 47.8 Å². The molecule has 0 saturated heterocycles. The standard InChI is InChI=1S/C11H7NO2/c13-12-7-3-6-10-11(12)8-4-1-2-5-9(8)14-10/h1-7H. The van der Waals surface area contributed by atoms with Crippen molar-refractivity contribution in [2.24, 2.45) is 0 Å². The highest BCUT2D eigenvalue weighted by Crippen LogP contribution is 2.24. The molecule has 0 spiro atoms. The van der Waals surface area contributed by atoms with Gasteiger partial charge in [0.15, 0.2) is 6.20 Å². The zero-order valence-corrected chi connectivity index (χ0v) is 7.31. The monoisotopic (exact) mass is 185 g/mol. The smallest absolute Gasteiger partial charge is 0.270 e. The van der Waals surface area contributed by atoms with Crippen LogP contribution in [-0.4, -0.2) is 0 Å². The number of fused-ring (bicyclic) bond motifs is 3. The first-order chi connectivity index (χ1) is 6.86. The molecule has 0 aliphatic rings. The first-order valence-corrected chi connectivity index (χ1v) is 4.36. The molecule has 0 N–H and O–H groups in total.